The molecule has 0 bridgehead atoms. The third kappa shape index (κ3) is 4.45. The Morgan fingerprint density at radius 1 is 1.06 bits per heavy atom. The predicted molar refractivity (Wildman–Crippen MR) is 138 cm³/mol. The first kappa shape index (κ1) is 24.3. The molecule has 1 saturated heterocycles. The van der Waals surface area contributed by atoms with Gasteiger partial charge in [0.1, 0.15) is 11.8 Å². The Morgan fingerprint density at radius 2 is 1.78 bits per heavy atom. The number of halogens is 1. The van der Waals surface area contributed by atoms with E-state index in [1.54, 1.807) is 36.7 Å². The molecule has 7 nitrogen and oxygen atoms in total. The lowest BCUT2D eigenvalue weighted by molar-refractivity contribution is -0.887. The highest BCUT2D eigenvalue weighted by Gasteiger charge is 2.51. The average molecular weight is 507 g/mol. The van der Waals surface area contributed by atoms with Crippen LogP contribution < -0.4 is 9.64 Å². The first-order valence-electron chi connectivity index (χ1n) is 12.2. The van der Waals surface area contributed by atoms with Crippen molar-refractivity contribution in [1.82, 2.24) is 4.98 Å². The van der Waals surface area contributed by atoms with Crippen molar-refractivity contribution < 1.29 is 23.9 Å². The number of benzene rings is 2. The molecule has 0 saturated carbocycles. The van der Waals surface area contributed by atoms with E-state index in [0.29, 0.717) is 10.6 Å². The van der Waals surface area contributed by atoms with Gasteiger partial charge < -0.3 is 14.7 Å². The molecule has 0 spiro atoms. The summed E-state index contributed by atoms with van der Waals surface area (Å²) in [5.41, 5.74) is 3.76. The van der Waals surface area contributed by atoms with Gasteiger partial charge in [-0.25, -0.2) is 14.1 Å². The molecule has 2 unspecified atom stereocenters. The number of aromatic nitrogens is 1. The van der Waals surface area contributed by atoms with Gasteiger partial charge in [-0.3, -0.25) is 4.98 Å². The van der Waals surface area contributed by atoms with Crippen LogP contribution in [0.3, 0.4) is 0 Å². The molecular formula is C28H29ClN3O4+. The molecule has 0 radical (unpaired) electrons. The van der Waals surface area contributed by atoms with Crippen LogP contribution in [0.5, 0.6) is 5.75 Å². The summed E-state index contributed by atoms with van der Waals surface area (Å²) in [6.07, 6.45) is 5.55. The number of carbonyl (C=O) groups excluding carboxylic acids is 1. The topological polar surface area (TPSA) is 79.7 Å². The van der Waals surface area contributed by atoms with Crippen LogP contribution in [0.1, 0.15) is 46.8 Å². The smallest absolute Gasteiger partial charge is 0.449 e. The standard InChI is InChI=1S/C28H28ClN3O4/c1-32(27(33)23-4-2-3-5-25(23)29,21-12-16-31(17-13-21)20-10-14-30-15-11-20)26-9-7-19-6-8-22(18-24(19)26)36-28(34)35/h2-6,8,10-11,14-15,18,21,26H,7,9,12-13,16-17H2,1H3/p+1. The molecule has 2 heterocycles. The summed E-state index contributed by atoms with van der Waals surface area (Å²) < 4.78 is 5.16. The van der Waals surface area contributed by atoms with Crippen LogP contribution in [0, 0.1) is 0 Å². The Morgan fingerprint density at radius 3 is 2.47 bits per heavy atom. The molecule has 3 aromatic rings. The fraction of sp³-hybridized carbons (Fsp3) is 0.321. The van der Waals surface area contributed by atoms with Gasteiger partial charge in [-0.1, -0.05) is 29.8 Å². The number of rotatable bonds is 5. The molecule has 1 aliphatic carbocycles. The van der Waals surface area contributed by atoms with E-state index < -0.39 is 6.16 Å². The van der Waals surface area contributed by atoms with Gasteiger partial charge in [0, 0.05) is 56.0 Å². The minimum absolute atomic E-state index is 0.00892. The van der Waals surface area contributed by atoms with Crippen molar-refractivity contribution >= 4 is 29.4 Å². The Balaban J connectivity index is 1.52. The van der Waals surface area contributed by atoms with Gasteiger partial charge in [-0.05, 0) is 48.4 Å². The second kappa shape index (κ2) is 9.91. The number of carbonyl (C=O) groups is 2. The largest absolute Gasteiger partial charge is 0.511 e. The monoisotopic (exact) mass is 506 g/mol. The van der Waals surface area contributed by atoms with Crippen LogP contribution in [-0.4, -0.2) is 52.8 Å². The van der Waals surface area contributed by atoms with Crippen LogP contribution in [-0.2, 0) is 6.42 Å². The number of amides is 1. The predicted octanol–water partition coefficient (Wildman–Crippen LogP) is 5.74. The molecule has 2 aromatic carbocycles. The summed E-state index contributed by atoms with van der Waals surface area (Å²) in [6, 6.07) is 16.6. The van der Waals surface area contributed by atoms with Crippen molar-refractivity contribution in [2.45, 2.75) is 37.8 Å². The second-order valence-electron chi connectivity index (χ2n) is 9.64. The van der Waals surface area contributed by atoms with E-state index in [0.717, 1.165) is 55.6 Å². The Labute approximate surface area is 215 Å². The average Bonchev–Trinajstić information content (AvgIpc) is 3.32. The molecule has 8 heteroatoms. The summed E-state index contributed by atoms with van der Waals surface area (Å²) in [4.78, 5) is 32.0. The Hall–Kier alpha value is -3.42. The number of fused-ring (bicyclic) bond motifs is 1. The maximum absolute atomic E-state index is 14.3. The van der Waals surface area contributed by atoms with Crippen LogP contribution in [0.4, 0.5) is 10.5 Å². The Bertz CT molecular complexity index is 1280. The first-order chi connectivity index (χ1) is 17.4. The SMILES string of the molecule is C[N+](C(=O)c1ccccc1Cl)(C1CCN(c2ccncc2)CC1)C1CCc2ccc(OC(=O)O)cc21. The highest BCUT2D eigenvalue weighted by Crippen LogP contribution is 2.46. The molecule has 2 atom stereocenters. The minimum Gasteiger partial charge on any atom is -0.449 e. The van der Waals surface area contributed by atoms with E-state index in [1.807, 2.05) is 37.4 Å². The van der Waals surface area contributed by atoms with Gasteiger partial charge >= 0.3 is 12.1 Å². The molecule has 1 aromatic heterocycles. The number of nitrogens with zero attached hydrogens (tertiary/aromatic N) is 3. The first-order valence-corrected chi connectivity index (χ1v) is 12.6. The van der Waals surface area contributed by atoms with Gasteiger partial charge in [0.2, 0.25) is 0 Å². The van der Waals surface area contributed by atoms with E-state index in [4.69, 9.17) is 21.4 Å². The van der Waals surface area contributed by atoms with Crippen molar-refractivity contribution in [3.05, 3.63) is 88.7 Å². The molecule has 1 fully saturated rings. The van der Waals surface area contributed by atoms with E-state index >= 15 is 0 Å². The normalized spacial score (nSPS) is 19.4. The quantitative estimate of drug-likeness (QED) is 0.270. The van der Waals surface area contributed by atoms with Crippen molar-refractivity contribution in [2.24, 2.45) is 0 Å². The van der Waals surface area contributed by atoms with Crippen LogP contribution in [0.25, 0.3) is 0 Å². The summed E-state index contributed by atoms with van der Waals surface area (Å²) in [7, 11) is 2.03. The molecule has 2 aliphatic rings. The molecule has 5 rings (SSSR count). The van der Waals surface area contributed by atoms with Crippen LogP contribution in [0.15, 0.2) is 67.0 Å². The maximum atomic E-state index is 14.3. The number of pyridine rings is 1. The fourth-order valence-corrected chi connectivity index (χ4v) is 6.17. The summed E-state index contributed by atoms with van der Waals surface area (Å²) in [6.45, 7) is 1.67. The lowest BCUT2D eigenvalue weighted by Crippen LogP contribution is -2.60. The van der Waals surface area contributed by atoms with E-state index in [1.165, 1.54) is 0 Å². The zero-order chi connectivity index (χ0) is 25.3. The van der Waals surface area contributed by atoms with Gasteiger partial charge in [0.05, 0.1) is 23.7 Å². The van der Waals surface area contributed by atoms with Gasteiger partial charge in [-0.15, -0.1) is 0 Å². The molecule has 1 amide bonds. The van der Waals surface area contributed by atoms with Gasteiger partial charge in [-0.2, -0.15) is 0 Å². The number of aryl methyl sites for hydroxylation is 1. The third-order valence-electron chi connectivity index (χ3n) is 7.81. The maximum Gasteiger partial charge on any atom is 0.511 e. The number of ether oxygens (including phenoxy) is 1. The molecule has 1 aliphatic heterocycles. The van der Waals surface area contributed by atoms with Crippen molar-refractivity contribution in [2.75, 3.05) is 25.0 Å². The van der Waals surface area contributed by atoms with E-state index in [2.05, 4.69) is 9.88 Å². The van der Waals surface area contributed by atoms with Crippen LogP contribution in [0.2, 0.25) is 5.02 Å². The van der Waals surface area contributed by atoms with Crippen LogP contribution >= 0.6 is 11.6 Å². The zero-order valence-corrected chi connectivity index (χ0v) is 20.9. The van der Waals surface area contributed by atoms with Gasteiger partial charge in [0.15, 0.2) is 0 Å². The number of quaternary nitrogens is 1. The van der Waals surface area contributed by atoms with E-state index in [9.17, 15) is 9.59 Å². The minimum atomic E-state index is -1.35. The zero-order valence-electron chi connectivity index (χ0n) is 20.1. The molecule has 186 valence electrons. The summed E-state index contributed by atoms with van der Waals surface area (Å²) in [5, 5.41) is 9.57. The second-order valence-corrected chi connectivity index (χ2v) is 10.0. The lowest BCUT2D eigenvalue weighted by Gasteiger charge is -2.47. The van der Waals surface area contributed by atoms with Crippen molar-refractivity contribution in [3.63, 3.8) is 0 Å². The Kier molecular flexibility index (Phi) is 6.69. The van der Waals surface area contributed by atoms with Gasteiger partial charge in [0.25, 0.3) is 0 Å². The van der Waals surface area contributed by atoms with Crippen molar-refractivity contribution in [3.8, 4) is 5.75 Å². The fourth-order valence-electron chi connectivity index (χ4n) is 5.95. The number of hydrogen-bond donors (Lipinski definition) is 1. The summed E-state index contributed by atoms with van der Waals surface area (Å²) in [5.74, 6) is 0.266. The number of anilines is 1. The summed E-state index contributed by atoms with van der Waals surface area (Å²) >= 11 is 6.53. The number of hydrogen-bond acceptors (Lipinski definition) is 5. The lowest BCUT2D eigenvalue weighted by atomic mass is 9.93. The number of piperidine rings is 1. The molecule has 1 N–H and O–H groups in total. The highest BCUT2D eigenvalue weighted by molar-refractivity contribution is 6.33. The molecular weight excluding hydrogens is 478 g/mol. The van der Waals surface area contributed by atoms with Crippen molar-refractivity contribution in [1.29, 1.82) is 0 Å². The highest BCUT2D eigenvalue weighted by atomic mass is 35.5. The third-order valence-corrected chi connectivity index (χ3v) is 8.14. The van der Waals surface area contributed by atoms with E-state index in [-0.39, 0.29) is 28.2 Å². The molecule has 36 heavy (non-hydrogen) atoms. The number of carboxylic acid groups (broad SMARTS) is 1.